The number of rotatable bonds is 6. The summed E-state index contributed by atoms with van der Waals surface area (Å²) in [5, 5.41) is 5.84. The Hall–Kier alpha value is -1.89. The first kappa shape index (κ1) is 17.2. The molecule has 1 amide bonds. The van der Waals surface area contributed by atoms with E-state index in [0.717, 1.165) is 0 Å². The molecule has 21 heavy (non-hydrogen) atoms. The molecule has 1 heterocycles. The molecule has 118 valence electrons. The van der Waals surface area contributed by atoms with Crippen molar-refractivity contribution < 1.29 is 4.79 Å². The lowest BCUT2D eigenvalue weighted by Gasteiger charge is -2.18. The van der Waals surface area contributed by atoms with Crippen LogP contribution in [-0.4, -0.2) is 29.0 Å². The van der Waals surface area contributed by atoms with E-state index >= 15 is 0 Å². The van der Waals surface area contributed by atoms with Crippen LogP contribution in [0.2, 0.25) is 0 Å². The van der Waals surface area contributed by atoms with Crippen LogP contribution in [0.3, 0.4) is 0 Å². The van der Waals surface area contributed by atoms with Gasteiger partial charge < -0.3 is 16.1 Å². The quantitative estimate of drug-likeness (QED) is 0.465. The van der Waals surface area contributed by atoms with Crippen molar-refractivity contribution in [3.05, 3.63) is 11.9 Å². The average Bonchev–Trinajstić information content (AvgIpc) is 2.41. The second-order valence-electron chi connectivity index (χ2n) is 6.41. The number of carbonyl (C=O) groups is 1. The third-order valence-electron chi connectivity index (χ3n) is 2.68. The van der Waals surface area contributed by atoms with E-state index in [0.29, 0.717) is 29.9 Å². The lowest BCUT2D eigenvalue weighted by atomic mass is 9.96. The summed E-state index contributed by atoms with van der Waals surface area (Å²) >= 11 is 0. The van der Waals surface area contributed by atoms with E-state index in [9.17, 15) is 4.79 Å². The smallest absolute Gasteiger partial charge is 0.239 e. The molecule has 0 aliphatic carbocycles. The molecule has 1 aromatic rings. The molecule has 7 nitrogen and oxygen atoms in total. The van der Waals surface area contributed by atoms with Gasteiger partial charge in [0, 0.05) is 18.0 Å². The number of hydrazine groups is 1. The second-order valence-corrected chi connectivity index (χ2v) is 6.41. The molecule has 0 aliphatic heterocycles. The van der Waals surface area contributed by atoms with Gasteiger partial charge in [-0.1, -0.05) is 34.6 Å². The Labute approximate surface area is 126 Å². The highest BCUT2D eigenvalue weighted by molar-refractivity contribution is 5.80. The minimum atomic E-state index is -0.205. The van der Waals surface area contributed by atoms with Gasteiger partial charge in [0.05, 0.1) is 6.54 Å². The minimum absolute atomic E-state index is 0.0677. The highest BCUT2D eigenvalue weighted by Crippen LogP contribution is 2.21. The Morgan fingerprint density at radius 1 is 1.29 bits per heavy atom. The van der Waals surface area contributed by atoms with Crippen molar-refractivity contribution in [1.29, 1.82) is 0 Å². The molecule has 0 aliphatic rings. The number of nitrogens with one attached hydrogen (secondary N) is 3. The molecule has 0 aromatic carbocycles. The van der Waals surface area contributed by atoms with Gasteiger partial charge in [0.25, 0.3) is 0 Å². The zero-order chi connectivity index (χ0) is 16.0. The predicted molar refractivity (Wildman–Crippen MR) is 84.9 cm³/mol. The summed E-state index contributed by atoms with van der Waals surface area (Å²) in [6.07, 6.45) is 0. The van der Waals surface area contributed by atoms with E-state index in [1.165, 1.54) is 0 Å². The van der Waals surface area contributed by atoms with Crippen molar-refractivity contribution in [3.63, 3.8) is 0 Å². The van der Waals surface area contributed by atoms with Crippen LogP contribution in [0.15, 0.2) is 6.07 Å². The van der Waals surface area contributed by atoms with Gasteiger partial charge in [-0.05, 0) is 5.92 Å². The maximum Gasteiger partial charge on any atom is 0.239 e. The number of nitrogens with two attached hydrogens (primary N) is 1. The summed E-state index contributed by atoms with van der Waals surface area (Å²) in [6.45, 7) is 11.0. The first-order valence-corrected chi connectivity index (χ1v) is 7.09. The Morgan fingerprint density at radius 2 is 1.90 bits per heavy atom. The molecule has 0 atom stereocenters. The van der Waals surface area contributed by atoms with Crippen LogP contribution in [0.25, 0.3) is 0 Å². The summed E-state index contributed by atoms with van der Waals surface area (Å²) in [6, 6.07) is 1.67. The van der Waals surface area contributed by atoms with Crippen LogP contribution >= 0.6 is 0 Å². The van der Waals surface area contributed by atoms with Crippen LogP contribution in [0.4, 0.5) is 11.6 Å². The van der Waals surface area contributed by atoms with Crippen molar-refractivity contribution in [2.75, 3.05) is 23.8 Å². The van der Waals surface area contributed by atoms with Gasteiger partial charge in [-0.3, -0.25) is 4.79 Å². The Morgan fingerprint density at radius 3 is 2.43 bits per heavy atom. The van der Waals surface area contributed by atoms with E-state index in [4.69, 9.17) is 5.84 Å². The molecular weight excluding hydrogens is 268 g/mol. The molecule has 0 spiro atoms. The molecule has 0 unspecified atom stereocenters. The Balaban J connectivity index is 2.72. The number of nitrogen functional groups attached to an aromatic ring is 1. The SMILES string of the molecule is CC(C)CNC(=O)CNc1cc(NN)nc(C(C)(C)C)n1. The van der Waals surface area contributed by atoms with E-state index in [1.807, 2.05) is 34.6 Å². The predicted octanol–water partition coefficient (Wildman–Crippen LogP) is 1.24. The highest BCUT2D eigenvalue weighted by atomic mass is 16.1. The van der Waals surface area contributed by atoms with Crippen molar-refractivity contribution >= 4 is 17.5 Å². The summed E-state index contributed by atoms with van der Waals surface area (Å²) in [7, 11) is 0. The van der Waals surface area contributed by atoms with Crippen LogP contribution < -0.4 is 21.9 Å². The normalized spacial score (nSPS) is 11.4. The number of hydrogen-bond acceptors (Lipinski definition) is 6. The number of hydrogen-bond donors (Lipinski definition) is 4. The average molecular weight is 294 g/mol. The molecule has 0 bridgehead atoms. The Bertz CT molecular complexity index is 481. The van der Waals surface area contributed by atoms with Crippen molar-refractivity contribution in [1.82, 2.24) is 15.3 Å². The third kappa shape index (κ3) is 5.95. The lowest BCUT2D eigenvalue weighted by molar-refractivity contribution is -0.119. The number of anilines is 2. The number of aromatic nitrogens is 2. The third-order valence-corrected chi connectivity index (χ3v) is 2.68. The molecule has 7 heteroatoms. The molecule has 0 radical (unpaired) electrons. The van der Waals surface area contributed by atoms with Crippen LogP contribution in [0.1, 0.15) is 40.4 Å². The molecule has 0 fully saturated rings. The lowest BCUT2D eigenvalue weighted by Crippen LogP contribution is -2.32. The number of carbonyl (C=O) groups excluding carboxylic acids is 1. The highest BCUT2D eigenvalue weighted by Gasteiger charge is 2.19. The molecular formula is C14H26N6O. The molecule has 1 rings (SSSR count). The van der Waals surface area contributed by atoms with Crippen LogP contribution in [-0.2, 0) is 10.2 Å². The zero-order valence-corrected chi connectivity index (χ0v) is 13.4. The number of amides is 1. The van der Waals surface area contributed by atoms with Crippen LogP contribution in [0.5, 0.6) is 0 Å². The van der Waals surface area contributed by atoms with Gasteiger partial charge in [-0.2, -0.15) is 0 Å². The largest absolute Gasteiger partial charge is 0.361 e. The van der Waals surface area contributed by atoms with E-state index < -0.39 is 0 Å². The van der Waals surface area contributed by atoms with Gasteiger partial charge in [0.15, 0.2) is 0 Å². The molecule has 0 saturated carbocycles. The fourth-order valence-corrected chi connectivity index (χ4v) is 1.50. The fourth-order valence-electron chi connectivity index (χ4n) is 1.50. The Kier molecular flexibility index (Phi) is 5.90. The molecule has 1 aromatic heterocycles. The standard InChI is InChI=1S/C14H26N6O/c1-9(2)7-17-12(21)8-16-10-6-11(20-15)19-13(18-10)14(3,4)5/h6,9H,7-8,15H2,1-5H3,(H,17,21)(H2,16,18,19,20). The summed E-state index contributed by atoms with van der Waals surface area (Å²) in [5.74, 6) is 7.52. The van der Waals surface area contributed by atoms with Crippen LogP contribution in [0, 0.1) is 5.92 Å². The molecule has 5 N–H and O–H groups in total. The summed E-state index contributed by atoms with van der Waals surface area (Å²) in [5.41, 5.74) is 2.31. The van der Waals surface area contributed by atoms with Gasteiger partial charge in [-0.15, -0.1) is 0 Å². The zero-order valence-electron chi connectivity index (χ0n) is 13.4. The molecule has 0 saturated heterocycles. The fraction of sp³-hybridized carbons (Fsp3) is 0.643. The van der Waals surface area contributed by atoms with Gasteiger partial charge >= 0.3 is 0 Å². The van der Waals surface area contributed by atoms with Gasteiger partial charge in [0.1, 0.15) is 17.5 Å². The van der Waals surface area contributed by atoms with Gasteiger partial charge in [-0.25, -0.2) is 15.8 Å². The summed E-state index contributed by atoms with van der Waals surface area (Å²) < 4.78 is 0. The number of nitrogens with zero attached hydrogens (tertiary/aromatic N) is 2. The van der Waals surface area contributed by atoms with Crippen molar-refractivity contribution in [2.24, 2.45) is 11.8 Å². The van der Waals surface area contributed by atoms with Crippen molar-refractivity contribution in [2.45, 2.75) is 40.0 Å². The van der Waals surface area contributed by atoms with E-state index in [1.54, 1.807) is 6.07 Å². The maximum atomic E-state index is 11.7. The minimum Gasteiger partial charge on any atom is -0.361 e. The van der Waals surface area contributed by atoms with E-state index in [-0.39, 0.29) is 17.9 Å². The van der Waals surface area contributed by atoms with Gasteiger partial charge in [0.2, 0.25) is 5.91 Å². The maximum absolute atomic E-state index is 11.7. The van der Waals surface area contributed by atoms with E-state index in [2.05, 4.69) is 26.0 Å². The summed E-state index contributed by atoms with van der Waals surface area (Å²) in [4.78, 5) is 20.4. The first-order chi connectivity index (χ1) is 9.72. The second kappa shape index (κ2) is 7.21. The first-order valence-electron chi connectivity index (χ1n) is 7.09. The topological polar surface area (TPSA) is 105 Å². The monoisotopic (exact) mass is 294 g/mol. The van der Waals surface area contributed by atoms with Crippen molar-refractivity contribution in [3.8, 4) is 0 Å².